The molecule has 6 heteroatoms. The van der Waals surface area contributed by atoms with E-state index < -0.39 is 0 Å². The first-order valence-corrected chi connectivity index (χ1v) is 11.3. The minimum Gasteiger partial charge on any atom is -0.494 e. The first kappa shape index (κ1) is 23.1. The number of nitrogens with one attached hydrogen (secondary N) is 2. The van der Waals surface area contributed by atoms with Gasteiger partial charge in [-0.15, -0.1) is 6.58 Å². The minimum atomic E-state index is -0.204. The molecule has 168 valence electrons. The number of rotatable bonds is 10. The van der Waals surface area contributed by atoms with E-state index >= 15 is 0 Å². The average molecular weight is 425 g/mol. The van der Waals surface area contributed by atoms with Gasteiger partial charge < -0.3 is 15.0 Å². The zero-order valence-corrected chi connectivity index (χ0v) is 19.1. The van der Waals surface area contributed by atoms with Gasteiger partial charge in [-0.25, -0.2) is 0 Å². The standard InChI is InChI=1S/C25H36N4O2/c1-5-8-23-20(4)27-25(28-24(23)30)26-11-7-12-31-22-10-6-9-21(14-22)17-29-15-18(2)13-19(3)16-29/h5-6,9-10,14,18-19H,1,7-8,11-13,15-17H2,2-4H3,(H2,26,27,28,30). The number of anilines is 1. The summed E-state index contributed by atoms with van der Waals surface area (Å²) in [6.45, 7) is 14.9. The van der Waals surface area contributed by atoms with Crippen molar-refractivity contribution >= 4 is 5.95 Å². The number of nitrogens with zero attached hydrogens (tertiary/aromatic N) is 2. The smallest absolute Gasteiger partial charge is 0.278 e. The number of hydrogen-bond acceptors (Lipinski definition) is 5. The van der Waals surface area contributed by atoms with Crippen molar-refractivity contribution in [2.75, 3.05) is 31.6 Å². The molecule has 1 fully saturated rings. The number of allylic oxidation sites excluding steroid dienone is 1. The zero-order chi connectivity index (χ0) is 22.2. The van der Waals surface area contributed by atoms with Crippen LogP contribution >= 0.6 is 0 Å². The molecule has 2 N–H and O–H groups in total. The van der Waals surface area contributed by atoms with Crippen molar-refractivity contribution in [2.45, 2.75) is 46.6 Å². The third kappa shape index (κ3) is 6.96. The Morgan fingerprint density at radius 2 is 2.10 bits per heavy atom. The number of H-pyrrole nitrogens is 1. The molecule has 2 aromatic rings. The van der Waals surface area contributed by atoms with Crippen LogP contribution in [0.1, 0.15) is 43.5 Å². The van der Waals surface area contributed by atoms with Crippen LogP contribution in [0.5, 0.6) is 5.75 Å². The largest absolute Gasteiger partial charge is 0.494 e. The molecule has 0 amide bonds. The van der Waals surface area contributed by atoms with E-state index in [1.54, 1.807) is 6.08 Å². The van der Waals surface area contributed by atoms with Gasteiger partial charge in [0.1, 0.15) is 5.75 Å². The predicted molar refractivity (Wildman–Crippen MR) is 127 cm³/mol. The highest BCUT2D eigenvalue weighted by Crippen LogP contribution is 2.23. The summed E-state index contributed by atoms with van der Waals surface area (Å²) in [4.78, 5) is 21.9. The van der Waals surface area contributed by atoms with E-state index in [-0.39, 0.29) is 5.56 Å². The van der Waals surface area contributed by atoms with Gasteiger partial charge in [0.15, 0.2) is 0 Å². The van der Waals surface area contributed by atoms with E-state index in [9.17, 15) is 4.79 Å². The van der Waals surface area contributed by atoms with Crippen molar-refractivity contribution in [3.05, 3.63) is 64.1 Å². The molecule has 1 saturated heterocycles. The van der Waals surface area contributed by atoms with Crippen molar-refractivity contribution in [3.63, 3.8) is 0 Å². The summed E-state index contributed by atoms with van der Waals surface area (Å²) >= 11 is 0. The topological polar surface area (TPSA) is 70.2 Å². The first-order chi connectivity index (χ1) is 14.9. The predicted octanol–water partition coefficient (Wildman–Crippen LogP) is 4.17. The van der Waals surface area contributed by atoms with E-state index in [1.165, 1.54) is 25.1 Å². The van der Waals surface area contributed by atoms with Crippen LogP contribution < -0.4 is 15.6 Å². The van der Waals surface area contributed by atoms with E-state index in [4.69, 9.17) is 4.74 Å². The summed E-state index contributed by atoms with van der Waals surface area (Å²) in [7, 11) is 0. The number of benzene rings is 1. The summed E-state index contributed by atoms with van der Waals surface area (Å²) in [5.74, 6) is 2.94. The molecule has 0 saturated carbocycles. The number of aryl methyl sites for hydroxylation is 1. The highest BCUT2D eigenvalue weighted by Gasteiger charge is 2.21. The summed E-state index contributed by atoms with van der Waals surface area (Å²) in [5, 5.41) is 3.18. The van der Waals surface area contributed by atoms with Gasteiger partial charge in [-0.2, -0.15) is 4.98 Å². The molecule has 1 aliphatic rings. The van der Waals surface area contributed by atoms with Gasteiger partial charge in [-0.1, -0.05) is 32.1 Å². The summed E-state index contributed by atoms with van der Waals surface area (Å²) in [5.41, 5.74) is 2.59. The normalized spacial score (nSPS) is 19.2. The fourth-order valence-corrected chi connectivity index (χ4v) is 4.46. The van der Waals surface area contributed by atoms with Crippen molar-refractivity contribution in [3.8, 4) is 5.75 Å². The third-order valence-corrected chi connectivity index (χ3v) is 5.71. The van der Waals surface area contributed by atoms with Crippen molar-refractivity contribution < 1.29 is 4.74 Å². The van der Waals surface area contributed by atoms with Crippen LogP contribution in [0.2, 0.25) is 0 Å². The summed E-state index contributed by atoms with van der Waals surface area (Å²) < 4.78 is 5.95. The number of aromatic amines is 1. The lowest BCUT2D eigenvalue weighted by atomic mass is 9.91. The number of hydrogen-bond donors (Lipinski definition) is 2. The maximum absolute atomic E-state index is 12.1. The Kier molecular flexibility index (Phi) is 8.29. The Balaban J connectivity index is 1.43. The van der Waals surface area contributed by atoms with Crippen LogP contribution in [-0.2, 0) is 13.0 Å². The molecular weight excluding hydrogens is 388 g/mol. The molecule has 0 bridgehead atoms. The number of likely N-dealkylation sites (tertiary alicyclic amines) is 1. The molecule has 2 atom stereocenters. The highest BCUT2D eigenvalue weighted by molar-refractivity contribution is 5.30. The number of piperidine rings is 1. The molecule has 0 spiro atoms. The van der Waals surface area contributed by atoms with Gasteiger partial charge in [0.2, 0.25) is 5.95 Å². The SMILES string of the molecule is C=CCc1c(C)[nH]c(NCCCOc2cccc(CN3CC(C)CC(C)C3)c2)nc1=O. The number of ether oxygens (including phenoxy) is 1. The Morgan fingerprint density at radius 3 is 2.81 bits per heavy atom. The Hall–Kier alpha value is -2.60. The molecule has 6 nitrogen and oxygen atoms in total. The lowest BCUT2D eigenvalue weighted by Gasteiger charge is -2.35. The monoisotopic (exact) mass is 424 g/mol. The second-order valence-corrected chi connectivity index (χ2v) is 8.90. The van der Waals surface area contributed by atoms with Gasteiger partial charge in [-0.3, -0.25) is 9.69 Å². The molecule has 0 radical (unpaired) electrons. The van der Waals surface area contributed by atoms with Gasteiger partial charge in [-0.05, 0) is 55.7 Å². The molecular formula is C25H36N4O2. The molecule has 3 rings (SSSR count). The third-order valence-electron chi connectivity index (χ3n) is 5.71. The van der Waals surface area contributed by atoms with Crippen LogP contribution in [0.3, 0.4) is 0 Å². The first-order valence-electron chi connectivity index (χ1n) is 11.3. The Bertz CT molecular complexity index is 914. The molecule has 31 heavy (non-hydrogen) atoms. The zero-order valence-electron chi connectivity index (χ0n) is 19.1. The van der Waals surface area contributed by atoms with Gasteiger partial charge in [0.05, 0.1) is 6.61 Å². The lowest BCUT2D eigenvalue weighted by molar-refractivity contribution is 0.134. The maximum Gasteiger partial charge on any atom is 0.278 e. The van der Waals surface area contributed by atoms with Crippen LogP contribution in [0.25, 0.3) is 0 Å². The quantitative estimate of drug-likeness (QED) is 0.443. The van der Waals surface area contributed by atoms with Gasteiger partial charge in [0.25, 0.3) is 5.56 Å². The second kappa shape index (κ2) is 11.1. The van der Waals surface area contributed by atoms with Crippen LogP contribution in [-0.4, -0.2) is 41.1 Å². The van der Waals surface area contributed by atoms with Crippen LogP contribution in [0.4, 0.5) is 5.95 Å². The minimum absolute atomic E-state index is 0.204. The van der Waals surface area contributed by atoms with E-state index in [0.29, 0.717) is 31.1 Å². The summed E-state index contributed by atoms with van der Waals surface area (Å²) in [6, 6.07) is 8.41. The second-order valence-electron chi connectivity index (χ2n) is 8.90. The molecule has 2 unspecified atom stereocenters. The fraction of sp³-hybridized carbons (Fsp3) is 0.520. The van der Waals surface area contributed by atoms with E-state index in [0.717, 1.165) is 36.2 Å². The van der Waals surface area contributed by atoms with Crippen molar-refractivity contribution in [1.29, 1.82) is 0 Å². The highest BCUT2D eigenvalue weighted by atomic mass is 16.5. The number of aromatic nitrogens is 2. The molecule has 1 aromatic carbocycles. The van der Waals surface area contributed by atoms with Crippen molar-refractivity contribution in [1.82, 2.24) is 14.9 Å². The fourth-order valence-electron chi connectivity index (χ4n) is 4.46. The van der Waals surface area contributed by atoms with E-state index in [1.807, 2.05) is 13.0 Å². The molecule has 0 aliphatic carbocycles. The lowest BCUT2D eigenvalue weighted by Crippen LogP contribution is -2.38. The van der Waals surface area contributed by atoms with E-state index in [2.05, 4.69) is 58.8 Å². The Morgan fingerprint density at radius 1 is 1.32 bits per heavy atom. The van der Waals surface area contributed by atoms with Gasteiger partial charge in [0, 0.05) is 37.4 Å². The Labute approximate surface area is 185 Å². The maximum atomic E-state index is 12.1. The van der Waals surface area contributed by atoms with Crippen molar-refractivity contribution in [2.24, 2.45) is 11.8 Å². The van der Waals surface area contributed by atoms with Crippen LogP contribution in [0.15, 0.2) is 41.7 Å². The van der Waals surface area contributed by atoms with Crippen LogP contribution in [0, 0.1) is 18.8 Å². The van der Waals surface area contributed by atoms with Gasteiger partial charge >= 0.3 is 0 Å². The average Bonchev–Trinajstić information content (AvgIpc) is 2.70. The summed E-state index contributed by atoms with van der Waals surface area (Å²) in [6.07, 6.45) is 4.38. The molecule has 2 heterocycles. The molecule has 1 aliphatic heterocycles. The molecule has 1 aromatic heterocycles.